The first-order chi connectivity index (χ1) is 14.3. The van der Waals surface area contributed by atoms with Gasteiger partial charge in [0.05, 0.1) is 19.8 Å². The molecule has 2 aromatic carbocycles. The minimum absolute atomic E-state index is 0.131. The zero-order chi connectivity index (χ0) is 21.6. The van der Waals surface area contributed by atoms with Crippen molar-refractivity contribution < 1.29 is 28.3 Å². The topological polar surface area (TPSA) is 111 Å². The standard InChI is InChI=1S/C22H30NO6P/c1-2-27-20-4-3-5-21(14-20)28-13-11-17-6-8-18(9-7-17)19-10-12-22(23,15-19)16-29-30(24,25)26/h3-9,14,19H,2,10-13,15-16,23H2,1H3,(H2,24,25,26)/t19-,22+/m1/s1. The molecule has 0 aliphatic heterocycles. The molecule has 0 spiro atoms. The molecule has 0 aromatic heterocycles. The Balaban J connectivity index is 1.48. The molecular formula is C22H30NO6P. The SMILES string of the molecule is CCOc1cccc(OCCc2ccc([C@@H]3CC[C@@](N)(COP(=O)(O)O)C3)cc2)c1. The zero-order valence-corrected chi connectivity index (χ0v) is 18.1. The molecule has 0 bridgehead atoms. The molecule has 164 valence electrons. The number of hydrogen-bond acceptors (Lipinski definition) is 5. The van der Waals surface area contributed by atoms with Crippen molar-refractivity contribution in [2.45, 2.75) is 44.1 Å². The number of rotatable bonds is 10. The highest BCUT2D eigenvalue weighted by Crippen LogP contribution is 2.43. The Hall–Kier alpha value is -1.89. The van der Waals surface area contributed by atoms with Gasteiger partial charge in [-0.1, -0.05) is 30.3 Å². The van der Waals surface area contributed by atoms with Crippen molar-refractivity contribution in [3.05, 3.63) is 59.7 Å². The van der Waals surface area contributed by atoms with E-state index < -0.39 is 13.4 Å². The molecule has 1 aliphatic rings. The molecule has 3 rings (SSSR count). The van der Waals surface area contributed by atoms with Gasteiger partial charge in [-0.3, -0.25) is 4.52 Å². The van der Waals surface area contributed by atoms with Crippen LogP contribution in [0.5, 0.6) is 11.5 Å². The van der Waals surface area contributed by atoms with Crippen LogP contribution in [-0.2, 0) is 15.5 Å². The first-order valence-electron chi connectivity index (χ1n) is 10.2. The van der Waals surface area contributed by atoms with Gasteiger partial charge in [0.2, 0.25) is 0 Å². The van der Waals surface area contributed by atoms with Gasteiger partial charge >= 0.3 is 7.82 Å². The summed E-state index contributed by atoms with van der Waals surface area (Å²) >= 11 is 0. The molecule has 0 unspecified atom stereocenters. The highest BCUT2D eigenvalue weighted by atomic mass is 31.2. The Morgan fingerprint density at radius 3 is 2.50 bits per heavy atom. The van der Waals surface area contributed by atoms with E-state index in [2.05, 4.69) is 28.8 Å². The number of ether oxygens (including phenoxy) is 2. The lowest BCUT2D eigenvalue weighted by Gasteiger charge is -2.24. The quantitative estimate of drug-likeness (QED) is 0.487. The summed E-state index contributed by atoms with van der Waals surface area (Å²) in [6.07, 6.45) is 2.99. The van der Waals surface area contributed by atoms with Gasteiger partial charge in [0.25, 0.3) is 0 Å². The van der Waals surface area contributed by atoms with Crippen LogP contribution >= 0.6 is 7.82 Å². The molecule has 1 aliphatic carbocycles. The normalized spacial score (nSPS) is 21.5. The Kier molecular flexibility index (Phi) is 7.55. The van der Waals surface area contributed by atoms with E-state index in [1.165, 1.54) is 11.1 Å². The van der Waals surface area contributed by atoms with E-state index in [9.17, 15) is 4.57 Å². The van der Waals surface area contributed by atoms with E-state index in [0.717, 1.165) is 24.3 Å². The largest absolute Gasteiger partial charge is 0.494 e. The molecule has 0 heterocycles. The summed E-state index contributed by atoms with van der Waals surface area (Å²) in [5.41, 5.74) is 7.95. The molecule has 0 saturated heterocycles. The van der Waals surface area contributed by atoms with Gasteiger partial charge in [-0.2, -0.15) is 0 Å². The van der Waals surface area contributed by atoms with Gasteiger partial charge in [-0.25, -0.2) is 4.57 Å². The van der Waals surface area contributed by atoms with Gasteiger partial charge in [0.15, 0.2) is 0 Å². The molecule has 0 radical (unpaired) electrons. The summed E-state index contributed by atoms with van der Waals surface area (Å²) in [6.45, 7) is 3.02. The van der Waals surface area contributed by atoms with Gasteiger partial charge in [-0.05, 0) is 55.4 Å². The van der Waals surface area contributed by atoms with E-state index >= 15 is 0 Å². The molecule has 2 atom stereocenters. The summed E-state index contributed by atoms with van der Waals surface area (Å²) in [6, 6.07) is 16.0. The Bertz CT molecular complexity index is 868. The van der Waals surface area contributed by atoms with Crippen molar-refractivity contribution in [2.75, 3.05) is 19.8 Å². The summed E-state index contributed by atoms with van der Waals surface area (Å²) in [7, 11) is -4.50. The molecule has 2 aromatic rings. The number of nitrogens with two attached hydrogens (primary N) is 1. The third-order valence-electron chi connectivity index (χ3n) is 5.39. The predicted octanol–water partition coefficient (Wildman–Crippen LogP) is 3.78. The first-order valence-corrected chi connectivity index (χ1v) is 11.7. The van der Waals surface area contributed by atoms with Crippen molar-refractivity contribution in [2.24, 2.45) is 5.73 Å². The predicted molar refractivity (Wildman–Crippen MR) is 115 cm³/mol. The summed E-state index contributed by atoms with van der Waals surface area (Å²) in [4.78, 5) is 17.8. The summed E-state index contributed by atoms with van der Waals surface area (Å²) in [5.74, 6) is 1.86. The third kappa shape index (κ3) is 6.83. The number of phosphoric acid groups is 1. The van der Waals surface area contributed by atoms with Crippen LogP contribution in [0, 0.1) is 0 Å². The van der Waals surface area contributed by atoms with Gasteiger partial charge in [0, 0.05) is 18.0 Å². The molecule has 0 amide bonds. The van der Waals surface area contributed by atoms with E-state index in [1.54, 1.807) is 0 Å². The zero-order valence-electron chi connectivity index (χ0n) is 17.2. The fraction of sp³-hybridized carbons (Fsp3) is 0.455. The Morgan fingerprint density at radius 2 is 1.83 bits per heavy atom. The number of phosphoric ester groups is 1. The lowest BCUT2D eigenvalue weighted by Crippen LogP contribution is -2.41. The molecule has 4 N–H and O–H groups in total. The van der Waals surface area contributed by atoms with E-state index in [-0.39, 0.29) is 12.5 Å². The van der Waals surface area contributed by atoms with Crippen LogP contribution in [0.15, 0.2) is 48.5 Å². The smallest absolute Gasteiger partial charge is 0.469 e. The molecule has 8 heteroatoms. The maximum Gasteiger partial charge on any atom is 0.469 e. The van der Waals surface area contributed by atoms with Gasteiger partial charge in [-0.15, -0.1) is 0 Å². The highest BCUT2D eigenvalue weighted by Gasteiger charge is 2.38. The van der Waals surface area contributed by atoms with Gasteiger partial charge in [0.1, 0.15) is 11.5 Å². The fourth-order valence-corrected chi connectivity index (χ4v) is 4.27. The van der Waals surface area contributed by atoms with E-state index in [0.29, 0.717) is 26.1 Å². The average Bonchev–Trinajstić information content (AvgIpc) is 3.10. The number of hydrogen-bond donors (Lipinski definition) is 3. The van der Waals surface area contributed by atoms with Crippen molar-refractivity contribution >= 4 is 7.82 Å². The summed E-state index contributed by atoms with van der Waals surface area (Å²) < 4.78 is 26.9. The van der Waals surface area contributed by atoms with Crippen LogP contribution in [0.25, 0.3) is 0 Å². The average molecular weight is 435 g/mol. The minimum Gasteiger partial charge on any atom is -0.494 e. The summed E-state index contributed by atoms with van der Waals surface area (Å²) in [5, 5.41) is 0. The van der Waals surface area contributed by atoms with E-state index in [4.69, 9.17) is 25.0 Å². The van der Waals surface area contributed by atoms with Crippen LogP contribution in [0.1, 0.15) is 43.2 Å². The van der Waals surface area contributed by atoms with Gasteiger partial charge < -0.3 is 25.0 Å². The maximum absolute atomic E-state index is 10.9. The van der Waals surface area contributed by atoms with E-state index in [1.807, 2.05) is 31.2 Å². The maximum atomic E-state index is 10.9. The monoisotopic (exact) mass is 435 g/mol. The number of benzene rings is 2. The van der Waals surface area contributed by atoms with Crippen molar-refractivity contribution in [3.63, 3.8) is 0 Å². The molecule has 7 nitrogen and oxygen atoms in total. The fourth-order valence-electron chi connectivity index (χ4n) is 3.85. The molecular weight excluding hydrogens is 405 g/mol. The molecule has 30 heavy (non-hydrogen) atoms. The van der Waals surface area contributed by atoms with Crippen LogP contribution in [0.3, 0.4) is 0 Å². The van der Waals surface area contributed by atoms with Crippen LogP contribution in [0.2, 0.25) is 0 Å². The molecule has 1 saturated carbocycles. The Morgan fingerprint density at radius 1 is 1.13 bits per heavy atom. The van der Waals surface area contributed by atoms with Crippen molar-refractivity contribution in [1.29, 1.82) is 0 Å². The minimum atomic E-state index is -4.50. The second kappa shape index (κ2) is 9.94. The molecule has 1 fully saturated rings. The van der Waals surface area contributed by atoms with Crippen molar-refractivity contribution in [1.82, 2.24) is 0 Å². The lowest BCUT2D eigenvalue weighted by atomic mass is 9.93. The first kappa shape index (κ1) is 22.8. The Labute approximate surface area is 177 Å². The third-order valence-corrected chi connectivity index (χ3v) is 5.86. The second-order valence-electron chi connectivity index (χ2n) is 7.81. The second-order valence-corrected chi connectivity index (χ2v) is 9.05. The van der Waals surface area contributed by atoms with Crippen LogP contribution < -0.4 is 15.2 Å². The lowest BCUT2D eigenvalue weighted by molar-refractivity contribution is 0.153. The van der Waals surface area contributed by atoms with Crippen LogP contribution in [0.4, 0.5) is 0 Å². The highest BCUT2D eigenvalue weighted by molar-refractivity contribution is 7.46. The van der Waals surface area contributed by atoms with Crippen molar-refractivity contribution in [3.8, 4) is 11.5 Å². The van der Waals surface area contributed by atoms with Crippen LogP contribution in [-0.4, -0.2) is 35.1 Å².